The van der Waals surface area contributed by atoms with Crippen LogP contribution in [-0.4, -0.2) is 21.4 Å². The van der Waals surface area contributed by atoms with Crippen LogP contribution in [-0.2, 0) is 16.6 Å². The summed E-state index contributed by atoms with van der Waals surface area (Å²) in [6, 6.07) is 13.1. The molecule has 0 amide bonds. The maximum absolute atomic E-state index is 12.3. The van der Waals surface area contributed by atoms with Crippen molar-refractivity contribution >= 4 is 15.9 Å². The summed E-state index contributed by atoms with van der Waals surface area (Å²) >= 11 is 0. The molecule has 6 nitrogen and oxygen atoms in total. The Labute approximate surface area is 129 Å². The van der Waals surface area contributed by atoms with E-state index in [2.05, 4.69) is 4.72 Å². The highest BCUT2D eigenvalue weighted by Gasteiger charge is 2.14. The molecule has 0 heterocycles. The highest BCUT2D eigenvalue weighted by molar-refractivity contribution is 7.89. The normalized spacial score (nSPS) is 11.1. The van der Waals surface area contributed by atoms with Gasteiger partial charge in [0.15, 0.2) is 0 Å². The number of nitrogens with two attached hydrogens (primary N) is 1. The quantitative estimate of drug-likeness (QED) is 0.553. The van der Waals surface area contributed by atoms with Crippen LogP contribution in [0, 0.1) is 5.41 Å². The molecule has 0 atom stereocenters. The number of benzene rings is 2. The zero-order valence-corrected chi connectivity index (χ0v) is 12.9. The minimum Gasteiger partial charge on any atom is -0.497 e. The number of nitrogens with one attached hydrogen (secondary N) is 2. The Morgan fingerprint density at radius 3 is 2.64 bits per heavy atom. The van der Waals surface area contributed by atoms with Crippen LogP contribution < -0.4 is 15.2 Å². The second-order valence-electron chi connectivity index (χ2n) is 4.62. The van der Waals surface area contributed by atoms with Crippen LogP contribution in [0.1, 0.15) is 11.1 Å². The van der Waals surface area contributed by atoms with Gasteiger partial charge in [0.25, 0.3) is 0 Å². The van der Waals surface area contributed by atoms with Crippen molar-refractivity contribution in [2.75, 3.05) is 7.11 Å². The number of amidine groups is 1. The third-order valence-electron chi connectivity index (χ3n) is 3.06. The van der Waals surface area contributed by atoms with Gasteiger partial charge in [-0.15, -0.1) is 0 Å². The van der Waals surface area contributed by atoms with E-state index >= 15 is 0 Å². The van der Waals surface area contributed by atoms with Crippen molar-refractivity contribution in [2.24, 2.45) is 5.73 Å². The van der Waals surface area contributed by atoms with Gasteiger partial charge in [-0.05, 0) is 29.8 Å². The number of ether oxygens (including phenoxy) is 1. The molecule has 0 radical (unpaired) electrons. The van der Waals surface area contributed by atoms with Crippen molar-refractivity contribution in [2.45, 2.75) is 11.4 Å². The number of hydrogen-bond acceptors (Lipinski definition) is 4. The second kappa shape index (κ2) is 6.59. The van der Waals surface area contributed by atoms with E-state index in [9.17, 15) is 8.42 Å². The van der Waals surface area contributed by atoms with Crippen LogP contribution in [0.3, 0.4) is 0 Å². The molecule has 7 heteroatoms. The maximum atomic E-state index is 12.3. The van der Waals surface area contributed by atoms with Crippen molar-refractivity contribution < 1.29 is 13.2 Å². The molecule has 0 unspecified atom stereocenters. The van der Waals surface area contributed by atoms with Crippen molar-refractivity contribution in [1.29, 1.82) is 5.41 Å². The highest BCUT2D eigenvalue weighted by atomic mass is 32.2. The molecular formula is C15H17N3O3S. The zero-order chi connectivity index (χ0) is 16.2. The average molecular weight is 319 g/mol. The van der Waals surface area contributed by atoms with E-state index in [1.807, 2.05) is 0 Å². The minimum absolute atomic E-state index is 0.0723. The number of rotatable bonds is 6. The highest BCUT2D eigenvalue weighted by Crippen LogP contribution is 2.15. The van der Waals surface area contributed by atoms with Gasteiger partial charge in [-0.3, -0.25) is 5.41 Å². The Morgan fingerprint density at radius 1 is 1.23 bits per heavy atom. The largest absolute Gasteiger partial charge is 0.497 e. The third kappa shape index (κ3) is 3.84. The van der Waals surface area contributed by atoms with Crippen LogP contribution in [0.15, 0.2) is 53.4 Å². The van der Waals surface area contributed by atoms with Gasteiger partial charge >= 0.3 is 0 Å². The Kier molecular flexibility index (Phi) is 4.79. The van der Waals surface area contributed by atoms with Gasteiger partial charge in [-0.1, -0.05) is 24.3 Å². The van der Waals surface area contributed by atoms with Crippen molar-refractivity contribution in [3.8, 4) is 5.75 Å². The molecule has 0 aromatic heterocycles. The predicted molar refractivity (Wildman–Crippen MR) is 84.5 cm³/mol. The van der Waals surface area contributed by atoms with Crippen LogP contribution in [0.25, 0.3) is 0 Å². The number of nitrogen functional groups attached to an aromatic ring is 1. The van der Waals surface area contributed by atoms with Crippen LogP contribution in [0.5, 0.6) is 5.75 Å². The molecule has 0 fully saturated rings. The Hall–Kier alpha value is -2.38. The first-order valence-corrected chi connectivity index (χ1v) is 7.98. The van der Waals surface area contributed by atoms with Crippen molar-refractivity contribution in [3.63, 3.8) is 0 Å². The molecule has 2 aromatic carbocycles. The molecule has 0 aliphatic heterocycles. The third-order valence-corrected chi connectivity index (χ3v) is 4.45. The minimum atomic E-state index is -3.68. The molecule has 22 heavy (non-hydrogen) atoms. The van der Waals surface area contributed by atoms with Gasteiger partial charge in [0, 0.05) is 12.1 Å². The zero-order valence-electron chi connectivity index (χ0n) is 12.0. The molecule has 0 saturated heterocycles. The molecule has 0 saturated carbocycles. The molecule has 0 spiro atoms. The molecule has 0 aliphatic carbocycles. The summed E-state index contributed by atoms with van der Waals surface area (Å²) in [7, 11) is -2.12. The van der Waals surface area contributed by atoms with E-state index < -0.39 is 10.0 Å². The van der Waals surface area contributed by atoms with Crippen molar-refractivity contribution in [3.05, 3.63) is 59.7 Å². The summed E-state index contributed by atoms with van der Waals surface area (Å²) in [5, 5.41) is 7.37. The summed E-state index contributed by atoms with van der Waals surface area (Å²) in [6.07, 6.45) is 0. The molecular weight excluding hydrogens is 302 g/mol. The fourth-order valence-electron chi connectivity index (χ4n) is 1.87. The van der Waals surface area contributed by atoms with Crippen LogP contribution in [0.4, 0.5) is 0 Å². The second-order valence-corrected chi connectivity index (χ2v) is 6.38. The first-order chi connectivity index (χ1) is 10.4. The van der Waals surface area contributed by atoms with E-state index in [1.165, 1.54) is 12.1 Å². The van der Waals surface area contributed by atoms with E-state index in [4.69, 9.17) is 15.9 Å². The maximum Gasteiger partial charge on any atom is 0.240 e. The fourth-order valence-corrected chi connectivity index (χ4v) is 2.94. The van der Waals surface area contributed by atoms with Gasteiger partial charge in [0.2, 0.25) is 10.0 Å². The lowest BCUT2D eigenvalue weighted by molar-refractivity contribution is 0.414. The lowest BCUT2D eigenvalue weighted by atomic mass is 10.2. The Morgan fingerprint density at radius 2 is 1.95 bits per heavy atom. The fraction of sp³-hybridized carbons (Fsp3) is 0.133. The molecule has 0 bridgehead atoms. The predicted octanol–water partition coefficient (Wildman–Crippen LogP) is 1.46. The summed E-state index contributed by atoms with van der Waals surface area (Å²) in [6.45, 7) is 0.143. The van der Waals surface area contributed by atoms with Gasteiger partial charge in [0.1, 0.15) is 11.6 Å². The standard InChI is InChI=1S/C15H17N3O3S/c1-21-13-6-2-4-11(8-13)10-18-22(19,20)14-7-3-5-12(9-14)15(16)17/h2-9,18H,10H2,1H3,(H3,16,17). The monoisotopic (exact) mass is 319 g/mol. The topological polar surface area (TPSA) is 105 Å². The summed E-state index contributed by atoms with van der Waals surface area (Å²) in [5.41, 5.74) is 6.53. The summed E-state index contributed by atoms with van der Waals surface area (Å²) in [5.74, 6) is 0.486. The lowest BCUT2D eigenvalue weighted by Crippen LogP contribution is -2.23. The van der Waals surface area contributed by atoms with Crippen molar-refractivity contribution in [1.82, 2.24) is 4.72 Å². The van der Waals surface area contributed by atoms with E-state index in [0.717, 1.165) is 5.56 Å². The van der Waals surface area contributed by atoms with E-state index in [-0.39, 0.29) is 17.3 Å². The first-order valence-electron chi connectivity index (χ1n) is 6.49. The van der Waals surface area contributed by atoms with E-state index in [1.54, 1.807) is 43.5 Å². The molecule has 2 rings (SSSR count). The number of sulfonamides is 1. The molecule has 2 aromatic rings. The first kappa shape index (κ1) is 16.0. The van der Waals surface area contributed by atoms with Gasteiger partial charge in [-0.25, -0.2) is 13.1 Å². The molecule has 0 aliphatic rings. The average Bonchev–Trinajstić information content (AvgIpc) is 2.53. The molecule has 4 N–H and O–H groups in total. The number of methoxy groups -OCH3 is 1. The Balaban J connectivity index is 2.17. The lowest BCUT2D eigenvalue weighted by Gasteiger charge is -2.09. The smallest absolute Gasteiger partial charge is 0.240 e. The molecule has 116 valence electrons. The van der Waals surface area contributed by atoms with E-state index in [0.29, 0.717) is 11.3 Å². The van der Waals surface area contributed by atoms with Gasteiger partial charge in [0.05, 0.1) is 12.0 Å². The summed E-state index contributed by atoms with van der Waals surface area (Å²) < 4.78 is 32.2. The van der Waals surface area contributed by atoms with Crippen LogP contribution in [0.2, 0.25) is 0 Å². The van der Waals surface area contributed by atoms with Gasteiger partial charge < -0.3 is 10.5 Å². The van der Waals surface area contributed by atoms with Gasteiger partial charge in [-0.2, -0.15) is 0 Å². The SMILES string of the molecule is COc1cccc(CNS(=O)(=O)c2cccc(C(=N)N)c2)c1. The van der Waals surface area contributed by atoms with Crippen LogP contribution >= 0.6 is 0 Å². The Bertz CT molecular complexity index is 788. The summed E-state index contributed by atoms with van der Waals surface area (Å²) in [4.78, 5) is 0.0723. The number of hydrogen-bond donors (Lipinski definition) is 3.